The monoisotopic (exact) mass is 388 g/mol. The second kappa shape index (κ2) is 9.15. The van der Waals surface area contributed by atoms with Gasteiger partial charge in [-0.15, -0.1) is 0 Å². The van der Waals surface area contributed by atoms with Crippen LogP contribution in [0.2, 0.25) is 0 Å². The number of rotatable bonds is 5. The summed E-state index contributed by atoms with van der Waals surface area (Å²) >= 11 is 0. The molecule has 0 aliphatic carbocycles. The van der Waals surface area contributed by atoms with Crippen molar-refractivity contribution in [3.63, 3.8) is 0 Å². The Labute approximate surface area is 178 Å². The van der Waals surface area contributed by atoms with Crippen LogP contribution in [0.25, 0.3) is 0 Å². The molecule has 0 fully saturated rings. The molecule has 0 unspecified atom stereocenters. The number of hydrogen-bond donors (Lipinski definition) is 0. The maximum Gasteiger partial charge on any atom is 0.0972 e. The van der Waals surface area contributed by atoms with Gasteiger partial charge in [-0.05, 0) is 49.2 Å². The van der Waals surface area contributed by atoms with E-state index in [9.17, 15) is 0 Å². The van der Waals surface area contributed by atoms with Gasteiger partial charge in [-0.3, -0.25) is 0 Å². The number of benzene rings is 4. The van der Waals surface area contributed by atoms with Crippen LogP contribution in [0.15, 0.2) is 119 Å². The Morgan fingerprint density at radius 3 is 1.23 bits per heavy atom. The molecule has 0 saturated carbocycles. The van der Waals surface area contributed by atoms with Crippen LogP contribution >= 0.6 is 0 Å². The maximum absolute atomic E-state index is 5.07. The summed E-state index contributed by atoms with van der Waals surface area (Å²) in [6, 6.07) is 37.0. The summed E-state index contributed by atoms with van der Waals surface area (Å²) in [6.45, 7) is 4.17. The maximum atomic E-state index is 5.07. The molecule has 0 spiro atoms. The van der Waals surface area contributed by atoms with Gasteiger partial charge in [0.05, 0.1) is 22.8 Å². The van der Waals surface area contributed by atoms with Crippen molar-refractivity contribution in [2.45, 2.75) is 13.8 Å². The third kappa shape index (κ3) is 4.79. The summed E-state index contributed by atoms with van der Waals surface area (Å²) in [5.74, 6) is 0. The first-order valence-corrected chi connectivity index (χ1v) is 10.1. The summed E-state index contributed by atoms with van der Waals surface area (Å²) in [5, 5.41) is 0. The fourth-order valence-electron chi connectivity index (χ4n) is 3.35. The Morgan fingerprint density at radius 1 is 0.467 bits per heavy atom. The first-order chi connectivity index (χ1) is 14.7. The summed E-state index contributed by atoms with van der Waals surface area (Å²) < 4.78 is 0. The number of hydrogen-bond acceptors (Lipinski definition) is 2. The van der Waals surface area contributed by atoms with E-state index >= 15 is 0 Å². The van der Waals surface area contributed by atoms with E-state index in [-0.39, 0.29) is 0 Å². The van der Waals surface area contributed by atoms with Gasteiger partial charge in [0.15, 0.2) is 0 Å². The highest BCUT2D eigenvalue weighted by molar-refractivity contribution is 6.54. The molecule has 30 heavy (non-hydrogen) atoms. The summed E-state index contributed by atoms with van der Waals surface area (Å²) in [4.78, 5) is 10.1. The molecule has 0 amide bonds. The fourth-order valence-corrected chi connectivity index (χ4v) is 3.35. The zero-order valence-corrected chi connectivity index (χ0v) is 17.3. The molecule has 2 heteroatoms. The van der Waals surface area contributed by atoms with Crippen LogP contribution in [0.1, 0.15) is 22.3 Å². The smallest absolute Gasteiger partial charge is 0.0972 e. The molecule has 4 aromatic carbocycles. The minimum Gasteiger partial charge on any atom is -0.246 e. The number of aryl methyl sites for hydroxylation is 2. The molecule has 2 nitrogen and oxygen atoms in total. The van der Waals surface area contributed by atoms with Crippen LogP contribution in [0.3, 0.4) is 0 Å². The third-order valence-corrected chi connectivity index (χ3v) is 4.80. The fraction of sp³-hybridized carbons (Fsp3) is 0.0714. The lowest BCUT2D eigenvalue weighted by molar-refractivity contribution is 1.41. The van der Waals surface area contributed by atoms with Gasteiger partial charge in [0.1, 0.15) is 0 Å². The summed E-state index contributed by atoms with van der Waals surface area (Å²) in [5.41, 5.74) is 7.98. The van der Waals surface area contributed by atoms with Gasteiger partial charge >= 0.3 is 0 Å². The SMILES string of the molecule is Cc1cccc(N=C(C(=Nc2cccc(C)c2)c2ccccc2)c2ccccc2)c1. The Hall–Kier alpha value is -3.78. The van der Waals surface area contributed by atoms with Gasteiger partial charge in [-0.25, -0.2) is 9.98 Å². The van der Waals surface area contributed by atoms with Crippen LogP contribution in [-0.4, -0.2) is 11.4 Å². The second-order valence-electron chi connectivity index (χ2n) is 7.33. The van der Waals surface area contributed by atoms with E-state index in [4.69, 9.17) is 9.98 Å². The molecule has 0 aliphatic heterocycles. The van der Waals surface area contributed by atoms with Crippen LogP contribution in [0, 0.1) is 13.8 Å². The average molecular weight is 389 g/mol. The quantitative estimate of drug-likeness (QED) is 0.322. The highest BCUT2D eigenvalue weighted by Gasteiger charge is 2.15. The minimum atomic E-state index is 0.855. The Bertz CT molecular complexity index is 1090. The van der Waals surface area contributed by atoms with Crippen molar-refractivity contribution in [3.8, 4) is 0 Å². The highest BCUT2D eigenvalue weighted by Crippen LogP contribution is 2.22. The van der Waals surface area contributed by atoms with Crippen LogP contribution < -0.4 is 0 Å². The van der Waals surface area contributed by atoms with Crippen molar-refractivity contribution in [1.29, 1.82) is 0 Å². The molecule has 0 aromatic heterocycles. The highest BCUT2D eigenvalue weighted by atomic mass is 14.8. The zero-order chi connectivity index (χ0) is 20.8. The molecule has 0 atom stereocenters. The van der Waals surface area contributed by atoms with Crippen molar-refractivity contribution < 1.29 is 0 Å². The van der Waals surface area contributed by atoms with E-state index in [1.165, 1.54) is 11.1 Å². The number of nitrogens with zero attached hydrogens (tertiary/aromatic N) is 2. The zero-order valence-electron chi connectivity index (χ0n) is 17.3. The van der Waals surface area contributed by atoms with Crippen LogP contribution in [0.5, 0.6) is 0 Å². The second-order valence-corrected chi connectivity index (χ2v) is 7.33. The first kappa shape index (κ1) is 19.5. The van der Waals surface area contributed by atoms with Gasteiger partial charge < -0.3 is 0 Å². The predicted octanol–water partition coefficient (Wildman–Crippen LogP) is 7.25. The lowest BCUT2D eigenvalue weighted by Crippen LogP contribution is -2.17. The lowest BCUT2D eigenvalue weighted by atomic mass is 9.99. The van der Waals surface area contributed by atoms with Crippen molar-refractivity contribution in [2.75, 3.05) is 0 Å². The molecule has 0 bridgehead atoms. The van der Waals surface area contributed by atoms with Crippen molar-refractivity contribution in [2.24, 2.45) is 9.98 Å². The van der Waals surface area contributed by atoms with Crippen molar-refractivity contribution >= 4 is 22.8 Å². The van der Waals surface area contributed by atoms with E-state index in [0.29, 0.717) is 0 Å². The molecule has 146 valence electrons. The average Bonchev–Trinajstić information content (AvgIpc) is 2.77. The first-order valence-electron chi connectivity index (χ1n) is 10.1. The van der Waals surface area contributed by atoms with E-state index in [1.54, 1.807) is 0 Å². The summed E-state index contributed by atoms with van der Waals surface area (Å²) in [7, 11) is 0. The van der Waals surface area contributed by atoms with E-state index < -0.39 is 0 Å². The van der Waals surface area contributed by atoms with Crippen molar-refractivity contribution in [1.82, 2.24) is 0 Å². The van der Waals surface area contributed by atoms with Gasteiger partial charge in [0.25, 0.3) is 0 Å². The molecule has 0 radical (unpaired) electrons. The molecular formula is C28H24N2. The molecule has 0 N–H and O–H groups in total. The van der Waals surface area contributed by atoms with Crippen LogP contribution in [-0.2, 0) is 0 Å². The van der Waals surface area contributed by atoms with E-state index in [2.05, 4.69) is 62.4 Å². The molecule has 4 rings (SSSR count). The van der Waals surface area contributed by atoms with Gasteiger partial charge in [-0.1, -0.05) is 84.9 Å². The van der Waals surface area contributed by atoms with E-state index in [1.807, 2.05) is 60.7 Å². The third-order valence-electron chi connectivity index (χ3n) is 4.80. The molecule has 0 heterocycles. The van der Waals surface area contributed by atoms with Crippen molar-refractivity contribution in [3.05, 3.63) is 131 Å². The Kier molecular flexibility index (Phi) is 5.95. The molecule has 4 aromatic rings. The largest absolute Gasteiger partial charge is 0.246 e. The minimum absolute atomic E-state index is 0.855. The Balaban J connectivity index is 1.96. The number of aliphatic imine (C=N–C) groups is 2. The summed E-state index contributed by atoms with van der Waals surface area (Å²) in [6.07, 6.45) is 0. The molecule has 0 saturated heterocycles. The Morgan fingerprint density at radius 2 is 0.867 bits per heavy atom. The standard InChI is InChI=1S/C28H24N2/c1-21-11-9-17-25(19-21)29-27(23-13-5-3-6-14-23)28(24-15-7-4-8-16-24)30-26-18-10-12-22(2)20-26/h3-20H,1-2H3. The predicted molar refractivity (Wildman–Crippen MR) is 128 cm³/mol. The lowest BCUT2D eigenvalue weighted by Gasteiger charge is -2.12. The normalized spacial score (nSPS) is 12.1. The molecule has 0 aliphatic rings. The molecular weight excluding hydrogens is 364 g/mol. The van der Waals surface area contributed by atoms with Gasteiger partial charge in [0.2, 0.25) is 0 Å². The van der Waals surface area contributed by atoms with E-state index in [0.717, 1.165) is 33.9 Å². The van der Waals surface area contributed by atoms with Gasteiger partial charge in [0, 0.05) is 11.1 Å². The van der Waals surface area contributed by atoms with Crippen LogP contribution in [0.4, 0.5) is 11.4 Å². The topological polar surface area (TPSA) is 24.7 Å². The van der Waals surface area contributed by atoms with Gasteiger partial charge in [-0.2, -0.15) is 0 Å².